The summed E-state index contributed by atoms with van der Waals surface area (Å²) in [5.74, 6) is -0.131. The predicted molar refractivity (Wildman–Crippen MR) is 101 cm³/mol. The zero-order valence-corrected chi connectivity index (χ0v) is 15.4. The van der Waals surface area contributed by atoms with Gasteiger partial charge >= 0.3 is 0 Å². The first-order valence-corrected chi connectivity index (χ1v) is 9.14. The maximum absolute atomic E-state index is 14.3. The fourth-order valence-corrected chi connectivity index (χ4v) is 3.37. The van der Waals surface area contributed by atoms with Crippen LogP contribution in [0.1, 0.15) is 23.0 Å². The third kappa shape index (κ3) is 4.08. The molecule has 3 aromatic rings. The van der Waals surface area contributed by atoms with Crippen molar-refractivity contribution in [3.8, 4) is 16.3 Å². The van der Waals surface area contributed by atoms with E-state index in [0.29, 0.717) is 35.2 Å². The Morgan fingerprint density at radius 2 is 2.00 bits per heavy atom. The largest absolute Gasteiger partial charge is 0.494 e. The highest BCUT2D eigenvalue weighted by Gasteiger charge is 2.18. The number of hydrogen-bond acceptors (Lipinski definition) is 4. The summed E-state index contributed by atoms with van der Waals surface area (Å²) in [7, 11) is 1.73. The molecule has 0 fully saturated rings. The molecule has 0 aliphatic carbocycles. The zero-order chi connectivity index (χ0) is 18.5. The molecule has 1 aromatic heterocycles. The molecule has 134 valence electrons. The van der Waals surface area contributed by atoms with Gasteiger partial charge in [-0.05, 0) is 24.6 Å². The number of amides is 1. The average molecular weight is 370 g/mol. The van der Waals surface area contributed by atoms with Crippen molar-refractivity contribution in [3.63, 3.8) is 0 Å². The Morgan fingerprint density at radius 1 is 1.23 bits per heavy atom. The topological polar surface area (TPSA) is 42.4 Å². The van der Waals surface area contributed by atoms with Crippen LogP contribution in [0.4, 0.5) is 4.39 Å². The average Bonchev–Trinajstić information content (AvgIpc) is 3.12. The maximum Gasteiger partial charge on any atom is 0.273 e. The molecule has 0 saturated carbocycles. The van der Waals surface area contributed by atoms with Crippen molar-refractivity contribution < 1.29 is 13.9 Å². The second-order valence-electron chi connectivity index (χ2n) is 5.76. The van der Waals surface area contributed by atoms with E-state index >= 15 is 0 Å². The molecule has 3 rings (SSSR count). The first-order valence-electron chi connectivity index (χ1n) is 8.26. The Morgan fingerprint density at radius 3 is 2.69 bits per heavy atom. The smallest absolute Gasteiger partial charge is 0.273 e. The molecule has 0 radical (unpaired) electrons. The highest BCUT2D eigenvalue weighted by atomic mass is 32.1. The lowest BCUT2D eigenvalue weighted by atomic mass is 10.2. The summed E-state index contributed by atoms with van der Waals surface area (Å²) in [5, 5.41) is 2.14. The van der Waals surface area contributed by atoms with Crippen LogP contribution >= 0.6 is 11.3 Å². The number of thiazole rings is 1. The van der Waals surface area contributed by atoms with Crippen molar-refractivity contribution in [3.05, 3.63) is 71.0 Å². The molecule has 0 aliphatic rings. The Kier molecular flexibility index (Phi) is 5.63. The van der Waals surface area contributed by atoms with E-state index in [1.54, 1.807) is 29.5 Å². The van der Waals surface area contributed by atoms with Gasteiger partial charge in [0.15, 0.2) is 0 Å². The number of rotatable bonds is 6. The van der Waals surface area contributed by atoms with Crippen LogP contribution in [0.15, 0.2) is 53.9 Å². The predicted octanol–water partition coefficient (Wildman–Crippen LogP) is 4.62. The number of nitrogens with zero attached hydrogens (tertiary/aromatic N) is 2. The van der Waals surface area contributed by atoms with Crippen LogP contribution in [0, 0.1) is 5.82 Å². The van der Waals surface area contributed by atoms with Crippen molar-refractivity contribution in [2.24, 2.45) is 0 Å². The molecule has 26 heavy (non-hydrogen) atoms. The lowest BCUT2D eigenvalue weighted by Gasteiger charge is -2.15. The molecule has 0 bridgehead atoms. The van der Waals surface area contributed by atoms with E-state index in [2.05, 4.69) is 4.98 Å². The fraction of sp³-hybridized carbons (Fsp3) is 0.200. The lowest BCUT2D eigenvalue weighted by Crippen LogP contribution is -2.26. The van der Waals surface area contributed by atoms with Gasteiger partial charge in [0.05, 0.1) is 6.61 Å². The fourth-order valence-electron chi connectivity index (χ4n) is 2.55. The third-order valence-electron chi connectivity index (χ3n) is 3.81. The Labute approximate surface area is 155 Å². The second kappa shape index (κ2) is 8.10. The molecule has 1 heterocycles. The van der Waals surface area contributed by atoms with Gasteiger partial charge in [0.25, 0.3) is 5.91 Å². The van der Waals surface area contributed by atoms with E-state index in [0.717, 1.165) is 5.56 Å². The third-order valence-corrected chi connectivity index (χ3v) is 4.69. The van der Waals surface area contributed by atoms with E-state index in [1.165, 1.54) is 17.4 Å². The normalized spacial score (nSPS) is 10.6. The number of benzene rings is 2. The minimum atomic E-state index is -0.415. The van der Waals surface area contributed by atoms with E-state index in [1.807, 2.05) is 37.3 Å². The summed E-state index contributed by atoms with van der Waals surface area (Å²) in [6, 6.07) is 14.4. The molecule has 0 N–H and O–H groups in total. The molecule has 1 amide bonds. The summed E-state index contributed by atoms with van der Waals surface area (Å²) in [4.78, 5) is 18.5. The van der Waals surface area contributed by atoms with Crippen LogP contribution in [0.2, 0.25) is 0 Å². The molecule has 2 aromatic carbocycles. The Bertz CT molecular complexity index is 896. The Balaban J connectivity index is 1.76. The van der Waals surface area contributed by atoms with Crippen molar-refractivity contribution in [1.29, 1.82) is 0 Å². The number of ether oxygens (including phenoxy) is 1. The second-order valence-corrected chi connectivity index (χ2v) is 6.62. The zero-order valence-electron chi connectivity index (χ0n) is 14.6. The summed E-state index contributed by atoms with van der Waals surface area (Å²) in [6.45, 7) is 2.81. The number of hydrogen-bond donors (Lipinski definition) is 0. The summed E-state index contributed by atoms with van der Waals surface area (Å²) >= 11 is 1.25. The lowest BCUT2D eigenvalue weighted by molar-refractivity contribution is 0.0780. The van der Waals surface area contributed by atoms with Crippen LogP contribution in [0.25, 0.3) is 10.6 Å². The van der Waals surface area contributed by atoms with Gasteiger partial charge in [-0.3, -0.25) is 4.79 Å². The monoisotopic (exact) mass is 370 g/mol. The van der Waals surface area contributed by atoms with Gasteiger partial charge in [-0.25, -0.2) is 9.37 Å². The Hall–Kier alpha value is -2.73. The van der Waals surface area contributed by atoms with E-state index in [9.17, 15) is 9.18 Å². The van der Waals surface area contributed by atoms with Gasteiger partial charge in [0.2, 0.25) is 0 Å². The van der Waals surface area contributed by atoms with Gasteiger partial charge < -0.3 is 9.64 Å². The van der Waals surface area contributed by atoms with Crippen LogP contribution in [-0.2, 0) is 6.54 Å². The number of carbonyl (C=O) groups excluding carboxylic acids is 1. The van der Waals surface area contributed by atoms with Crippen molar-refractivity contribution in [2.75, 3.05) is 13.7 Å². The highest BCUT2D eigenvalue weighted by molar-refractivity contribution is 7.13. The van der Waals surface area contributed by atoms with Crippen molar-refractivity contribution >= 4 is 17.2 Å². The van der Waals surface area contributed by atoms with Crippen molar-refractivity contribution in [1.82, 2.24) is 9.88 Å². The first-order chi connectivity index (χ1) is 12.6. The number of carbonyl (C=O) groups is 1. The standard InChI is InChI=1S/C20H19FN2O2S/c1-3-25-15-9-10-16(17(21)11-15)19-22-18(13-26-19)20(24)23(2)12-14-7-5-4-6-8-14/h4-11,13H,3,12H2,1-2H3. The summed E-state index contributed by atoms with van der Waals surface area (Å²) in [5.41, 5.74) is 1.72. The van der Waals surface area contributed by atoms with Crippen LogP contribution < -0.4 is 4.74 Å². The van der Waals surface area contributed by atoms with Gasteiger partial charge in [0, 0.05) is 30.6 Å². The first kappa shape index (κ1) is 18.1. The molecular weight excluding hydrogens is 351 g/mol. The SMILES string of the molecule is CCOc1ccc(-c2nc(C(=O)N(C)Cc3ccccc3)cs2)c(F)c1. The van der Waals surface area contributed by atoms with Crippen molar-refractivity contribution in [2.45, 2.75) is 13.5 Å². The molecule has 4 nitrogen and oxygen atoms in total. The number of halogens is 1. The van der Waals surface area contributed by atoms with Gasteiger partial charge in [-0.15, -0.1) is 11.3 Å². The van der Waals surface area contributed by atoms with Crippen LogP contribution in [0.5, 0.6) is 5.75 Å². The highest BCUT2D eigenvalue weighted by Crippen LogP contribution is 2.29. The quantitative estimate of drug-likeness (QED) is 0.636. The van der Waals surface area contributed by atoms with Gasteiger partial charge in [0.1, 0.15) is 22.3 Å². The molecular formula is C20H19FN2O2S. The van der Waals surface area contributed by atoms with Crippen LogP contribution in [-0.4, -0.2) is 29.4 Å². The number of aromatic nitrogens is 1. The van der Waals surface area contributed by atoms with E-state index < -0.39 is 5.82 Å². The summed E-state index contributed by atoms with van der Waals surface area (Å²) in [6.07, 6.45) is 0. The van der Waals surface area contributed by atoms with Gasteiger partial charge in [-0.1, -0.05) is 30.3 Å². The molecule has 0 aliphatic heterocycles. The molecule has 0 spiro atoms. The molecule has 6 heteroatoms. The molecule has 0 unspecified atom stereocenters. The minimum Gasteiger partial charge on any atom is -0.494 e. The molecule has 0 saturated heterocycles. The minimum absolute atomic E-state index is 0.192. The van der Waals surface area contributed by atoms with Crippen LogP contribution in [0.3, 0.4) is 0 Å². The van der Waals surface area contributed by atoms with E-state index in [-0.39, 0.29) is 5.91 Å². The summed E-state index contributed by atoms with van der Waals surface area (Å²) < 4.78 is 19.6. The van der Waals surface area contributed by atoms with E-state index in [4.69, 9.17) is 4.74 Å². The van der Waals surface area contributed by atoms with Gasteiger partial charge in [-0.2, -0.15) is 0 Å². The molecule has 0 atom stereocenters. The maximum atomic E-state index is 14.3.